The van der Waals surface area contributed by atoms with Gasteiger partial charge in [-0.2, -0.15) is 0 Å². The van der Waals surface area contributed by atoms with Crippen LogP contribution in [-0.4, -0.2) is 4.98 Å². The lowest BCUT2D eigenvalue weighted by Crippen LogP contribution is -2.36. The summed E-state index contributed by atoms with van der Waals surface area (Å²) in [6.45, 7) is 17.7. The van der Waals surface area contributed by atoms with Crippen LogP contribution in [0, 0.1) is 5.41 Å². The van der Waals surface area contributed by atoms with Crippen LogP contribution in [0.1, 0.15) is 66.8 Å². The molecule has 0 amide bonds. The molecule has 0 atom stereocenters. The fraction of sp³-hybridized carbons (Fsp3) is 0.786. The molecule has 92 valence electrons. The number of aromatic nitrogens is 1. The summed E-state index contributed by atoms with van der Waals surface area (Å²) in [4.78, 5) is 4.45. The SMILES string of the molecule is CC(C)(C)c1ocnc1C(C)(C)C(C)(C)C. The number of hydrogen-bond donors (Lipinski definition) is 0. The third-order valence-corrected chi connectivity index (χ3v) is 3.72. The van der Waals surface area contributed by atoms with Crippen LogP contribution in [0.3, 0.4) is 0 Å². The number of nitrogens with zero attached hydrogens (tertiary/aromatic N) is 1. The minimum absolute atomic E-state index is 0.00259. The van der Waals surface area contributed by atoms with Crippen molar-refractivity contribution in [3.63, 3.8) is 0 Å². The lowest BCUT2D eigenvalue weighted by atomic mass is 9.65. The molecule has 0 radical (unpaired) electrons. The molecule has 0 N–H and O–H groups in total. The van der Waals surface area contributed by atoms with Crippen LogP contribution >= 0.6 is 0 Å². The summed E-state index contributed by atoms with van der Waals surface area (Å²) in [5.41, 5.74) is 1.26. The number of hydrogen-bond acceptors (Lipinski definition) is 2. The normalized spacial score (nSPS) is 14.2. The Bertz CT molecular complexity index is 361. The molecule has 0 aromatic carbocycles. The predicted molar refractivity (Wildman–Crippen MR) is 67.7 cm³/mol. The van der Waals surface area contributed by atoms with E-state index in [0.29, 0.717) is 0 Å². The van der Waals surface area contributed by atoms with Gasteiger partial charge in [0.15, 0.2) is 6.39 Å². The van der Waals surface area contributed by atoms with E-state index in [1.807, 2.05) is 0 Å². The lowest BCUT2D eigenvalue weighted by molar-refractivity contribution is 0.213. The zero-order chi connectivity index (χ0) is 12.8. The van der Waals surface area contributed by atoms with Gasteiger partial charge < -0.3 is 4.42 Å². The smallest absolute Gasteiger partial charge is 0.181 e. The fourth-order valence-electron chi connectivity index (χ4n) is 1.58. The van der Waals surface area contributed by atoms with Crippen molar-refractivity contribution in [3.05, 3.63) is 17.8 Å². The quantitative estimate of drug-likeness (QED) is 0.709. The lowest BCUT2D eigenvalue weighted by Gasteiger charge is -2.38. The maximum atomic E-state index is 5.60. The molecule has 0 spiro atoms. The molecule has 0 fully saturated rings. The van der Waals surface area contributed by atoms with Gasteiger partial charge in [0.1, 0.15) is 5.76 Å². The number of rotatable bonds is 1. The van der Waals surface area contributed by atoms with E-state index in [0.717, 1.165) is 11.5 Å². The van der Waals surface area contributed by atoms with Crippen molar-refractivity contribution in [1.82, 2.24) is 4.98 Å². The first-order valence-corrected chi connectivity index (χ1v) is 5.92. The molecule has 0 aliphatic carbocycles. The van der Waals surface area contributed by atoms with Gasteiger partial charge in [-0.25, -0.2) is 4.98 Å². The Labute approximate surface area is 99.5 Å². The van der Waals surface area contributed by atoms with E-state index in [-0.39, 0.29) is 16.2 Å². The summed E-state index contributed by atoms with van der Waals surface area (Å²) in [6.07, 6.45) is 1.57. The van der Waals surface area contributed by atoms with Gasteiger partial charge in [-0.15, -0.1) is 0 Å². The van der Waals surface area contributed by atoms with Gasteiger partial charge in [-0.3, -0.25) is 0 Å². The highest BCUT2D eigenvalue weighted by Crippen LogP contribution is 2.43. The maximum absolute atomic E-state index is 5.60. The van der Waals surface area contributed by atoms with Gasteiger partial charge in [0.2, 0.25) is 0 Å². The molecule has 0 unspecified atom stereocenters. The fourth-order valence-corrected chi connectivity index (χ4v) is 1.58. The highest BCUT2D eigenvalue weighted by atomic mass is 16.3. The second-order valence-electron chi connectivity index (χ2n) is 7.16. The molecule has 2 heteroatoms. The van der Waals surface area contributed by atoms with Gasteiger partial charge in [0.25, 0.3) is 0 Å². The Balaban J connectivity index is 3.31. The largest absolute Gasteiger partial charge is 0.448 e. The number of oxazole rings is 1. The molecule has 0 aliphatic heterocycles. The van der Waals surface area contributed by atoms with Crippen molar-refractivity contribution >= 4 is 0 Å². The molecule has 16 heavy (non-hydrogen) atoms. The molecular formula is C14H25NO. The van der Waals surface area contributed by atoms with E-state index in [4.69, 9.17) is 4.42 Å². The first-order valence-electron chi connectivity index (χ1n) is 5.92. The molecule has 0 aliphatic rings. The predicted octanol–water partition coefficient (Wildman–Crippen LogP) is 4.30. The molecular weight excluding hydrogens is 198 g/mol. The minimum atomic E-state index is 0.00259. The summed E-state index contributed by atoms with van der Waals surface area (Å²) in [6, 6.07) is 0. The van der Waals surface area contributed by atoms with Crippen LogP contribution in [-0.2, 0) is 10.8 Å². The summed E-state index contributed by atoms with van der Waals surface area (Å²) in [7, 11) is 0. The molecule has 0 bridgehead atoms. The van der Waals surface area contributed by atoms with Crippen molar-refractivity contribution in [1.29, 1.82) is 0 Å². The average molecular weight is 223 g/mol. The monoisotopic (exact) mass is 223 g/mol. The van der Waals surface area contributed by atoms with E-state index >= 15 is 0 Å². The summed E-state index contributed by atoms with van der Waals surface area (Å²) < 4.78 is 5.60. The van der Waals surface area contributed by atoms with Crippen molar-refractivity contribution in [2.45, 2.75) is 66.2 Å². The van der Waals surface area contributed by atoms with E-state index < -0.39 is 0 Å². The Morgan fingerprint density at radius 1 is 0.938 bits per heavy atom. The van der Waals surface area contributed by atoms with E-state index in [1.54, 1.807) is 6.39 Å². The third-order valence-electron chi connectivity index (χ3n) is 3.72. The molecule has 0 saturated heterocycles. The highest BCUT2D eigenvalue weighted by Gasteiger charge is 2.40. The topological polar surface area (TPSA) is 26.0 Å². The maximum Gasteiger partial charge on any atom is 0.181 e. The van der Waals surface area contributed by atoms with Crippen LogP contribution in [0.4, 0.5) is 0 Å². The third kappa shape index (κ3) is 2.16. The van der Waals surface area contributed by atoms with Gasteiger partial charge in [0, 0.05) is 10.8 Å². The van der Waals surface area contributed by atoms with Crippen molar-refractivity contribution in [2.24, 2.45) is 5.41 Å². The van der Waals surface area contributed by atoms with Crippen molar-refractivity contribution in [3.8, 4) is 0 Å². The van der Waals surface area contributed by atoms with Gasteiger partial charge >= 0.3 is 0 Å². The van der Waals surface area contributed by atoms with Crippen LogP contribution in [0.5, 0.6) is 0 Å². The Kier molecular flexibility index (Phi) is 3.00. The van der Waals surface area contributed by atoms with Crippen LogP contribution in [0.15, 0.2) is 10.8 Å². The summed E-state index contributed by atoms with van der Waals surface area (Å²) >= 11 is 0. The van der Waals surface area contributed by atoms with Crippen molar-refractivity contribution < 1.29 is 4.42 Å². The van der Waals surface area contributed by atoms with E-state index in [9.17, 15) is 0 Å². The summed E-state index contributed by atoms with van der Waals surface area (Å²) in [5.74, 6) is 1.01. The first-order chi connectivity index (χ1) is 6.98. The minimum Gasteiger partial charge on any atom is -0.448 e. The first kappa shape index (κ1) is 13.3. The Morgan fingerprint density at radius 3 is 1.81 bits per heavy atom. The molecule has 1 aromatic heterocycles. The average Bonchev–Trinajstić information content (AvgIpc) is 2.47. The van der Waals surface area contributed by atoms with Gasteiger partial charge in [-0.1, -0.05) is 55.4 Å². The summed E-state index contributed by atoms with van der Waals surface area (Å²) in [5, 5.41) is 0. The molecule has 1 heterocycles. The molecule has 0 saturated carbocycles. The molecule has 1 aromatic rings. The Hall–Kier alpha value is -0.790. The van der Waals surface area contributed by atoms with Crippen LogP contribution in [0.2, 0.25) is 0 Å². The van der Waals surface area contributed by atoms with Crippen LogP contribution < -0.4 is 0 Å². The van der Waals surface area contributed by atoms with Crippen LogP contribution in [0.25, 0.3) is 0 Å². The molecule has 2 nitrogen and oxygen atoms in total. The zero-order valence-electron chi connectivity index (χ0n) is 11.9. The van der Waals surface area contributed by atoms with Crippen molar-refractivity contribution in [2.75, 3.05) is 0 Å². The van der Waals surface area contributed by atoms with E-state index in [1.165, 1.54) is 0 Å². The Morgan fingerprint density at radius 2 is 1.44 bits per heavy atom. The highest BCUT2D eigenvalue weighted by molar-refractivity contribution is 5.26. The van der Waals surface area contributed by atoms with E-state index in [2.05, 4.69) is 60.4 Å². The zero-order valence-corrected chi connectivity index (χ0v) is 11.9. The second-order valence-corrected chi connectivity index (χ2v) is 7.16. The molecule has 1 rings (SSSR count). The second kappa shape index (κ2) is 3.61. The van der Waals surface area contributed by atoms with Gasteiger partial charge in [0.05, 0.1) is 5.69 Å². The standard InChI is InChI=1S/C14H25NO/c1-12(2,3)11-10(15-9-16-11)14(7,8)13(4,5)6/h9H,1-8H3. The van der Waals surface area contributed by atoms with Gasteiger partial charge in [-0.05, 0) is 5.41 Å².